The number of halogens is 4. The lowest BCUT2D eigenvalue weighted by molar-refractivity contribution is -0.143. The van der Waals surface area contributed by atoms with E-state index >= 15 is 0 Å². The summed E-state index contributed by atoms with van der Waals surface area (Å²) >= 11 is 6.27. The molecule has 38 heavy (non-hydrogen) atoms. The van der Waals surface area contributed by atoms with E-state index in [-0.39, 0.29) is 5.82 Å². The number of carbonyl (C=O) groups is 1. The normalized spacial score (nSPS) is 15.6. The van der Waals surface area contributed by atoms with Crippen molar-refractivity contribution in [3.63, 3.8) is 0 Å². The predicted octanol–water partition coefficient (Wildman–Crippen LogP) is 6.98. The van der Waals surface area contributed by atoms with Crippen molar-refractivity contribution in [2.24, 2.45) is 5.73 Å². The number of likely N-dealkylation sites (tertiary alicyclic amines) is 1. The number of hydrogen-bond donors (Lipinski definition) is 1. The van der Waals surface area contributed by atoms with Crippen molar-refractivity contribution < 1.29 is 22.7 Å². The van der Waals surface area contributed by atoms with Crippen molar-refractivity contribution in [2.45, 2.75) is 50.6 Å². The van der Waals surface area contributed by atoms with Crippen LogP contribution >= 0.6 is 11.6 Å². The second-order valence-corrected chi connectivity index (χ2v) is 10.2. The summed E-state index contributed by atoms with van der Waals surface area (Å²) < 4.78 is 45.2. The lowest BCUT2D eigenvalue weighted by atomic mass is 10.0. The van der Waals surface area contributed by atoms with Gasteiger partial charge in [0, 0.05) is 5.56 Å². The van der Waals surface area contributed by atoms with E-state index in [4.69, 9.17) is 16.3 Å². The van der Waals surface area contributed by atoms with E-state index in [1.165, 1.54) is 93.7 Å². The Morgan fingerprint density at radius 1 is 0.974 bits per heavy atom. The van der Waals surface area contributed by atoms with Crippen LogP contribution in [0.1, 0.15) is 43.2 Å². The molecule has 0 radical (unpaired) electrons. The maximum absolute atomic E-state index is 13.3. The number of ether oxygens (including phenoxy) is 1. The molecule has 0 unspecified atom stereocenters. The van der Waals surface area contributed by atoms with E-state index in [1.807, 2.05) is 6.07 Å². The first-order valence-electron chi connectivity index (χ1n) is 12.9. The Kier molecular flexibility index (Phi) is 9.34. The molecule has 1 amide bonds. The number of nitrogens with two attached hydrogens (primary N) is 1. The molecule has 202 valence electrons. The SMILES string of the molecule is Clc1cc(CCCN2CCCC2)ccc1OC1CC1.NC(=O)C(F)(F)c1ccc(-c2ccc(F)cc2)cc1. The summed E-state index contributed by atoms with van der Waals surface area (Å²) in [5, 5.41) is 0.769. The van der Waals surface area contributed by atoms with E-state index in [0.29, 0.717) is 17.2 Å². The second kappa shape index (κ2) is 12.7. The Balaban J connectivity index is 0.000000177. The zero-order chi connectivity index (χ0) is 27.1. The maximum atomic E-state index is 13.3. The van der Waals surface area contributed by atoms with Crippen LogP contribution in [0.4, 0.5) is 13.2 Å². The summed E-state index contributed by atoms with van der Waals surface area (Å²) in [6.07, 6.45) is 7.84. The van der Waals surface area contributed by atoms with Crippen LogP contribution in [0, 0.1) is 5.82 Å². The van der Waals surface area contributed by atoms with E-state index in [2.05, 4.69) is 22.8 Å². The molecule has 3 aromatic carbocycles. The molecule has 1 aliphatic heterocycles. The Labute approximate surface area is 226 Å². The van der Waals surface area contributed by atoms with Crippen molar-refractivity contribution in [3.8, 4) is 16.9 Å². The first kappa shape index (κ1) is 28.0. The number of hydrogen-bond acceptors (Lipinski definition) is 3. The van der Waals surface area contributed by atoms with Crippen LogP contribution in [0.2, 0.25) is 5.02 Å². The highest BCUT2D eigenvalue weighted by Crippen LogP contribution is 2.33. The molecule has 5 rings (SSSR count). The van der Waals surface area contributed by atoms with Gasteiger partial charge in [0.2, 0.25) is 0 Å². The van der Waals surface area contributed by atoms with E-state index < -0.39 is 17.4 Å². The molecule has 4 nitrogen and oxygen atoms in total. The van der Waals surface area contributed by atoms with Crippen LogP contribution < -0.4 is 10.5 Å². The van der Waals surface area contributed by atoms with Crippen molar-refractivity contribution >= 4 is 17.5 Å². The van der Waals surface area contributed by atoms with Gasteiger partial charge in [0.1, 0.15) is 11.6 Å². The molecular formula is C30H32ClF3N2O2. The topological polar surface area (TPSA) is 55.6 Å². The molecule has 3 aromatic rings. The third-order valence-electron chi connectivity index (χ3n) is 6.69. The molecule has 1 heterocycles. The molecule has 2 aliphatic rings. The number of amides is 1. The minimum Gasteiger partial charge on any atom is -0.489 e. The largest absolute Gasteiger partial charge is 0.489 e. The minimum absolute atomic E-state index is 0.374. The fourth-order valence-corrected chi connectivity index (χ4v) is 4.58. The van der Waals surface area contributed by atoms with Crippen molar-refractivity contribution in [1.29, 1.82) is 0 Å². The van der Waals surface area contributed by atoms with Gasteiger partial charge in [-0.2, -0.15) is 8.78 Å². The summed E-state index contributed by atoms with van der Waals surface area (Å²) in [6, 6.07) is 17.0. The Morgan fingerprint density at radius 2 is 1.58 bits per heavy atom. The number of rotatable bonds is 9. The van der Waals surface area contributed by atoms with E-state index in [1.54, 1.807) is 0 Å². The molecule has 0 aromatic heterocycles. The zero-order valence-electron chi connectivity index (χ0n) is 21.1. The molecule has 1 saturated carbocycles. The second-order valence-electron chi connectivity index (χ2n) is 9.76. The van der Waals surface area contributed by atoms with Crippen LogP contribution in [0.25, 0.3) is 11.1 Å². The van der Waals surface area contributed by atoms with Crippen LogP contribution in [-0.4, -0.2) is 36.5 Å². The molecule has 1 aliphatic carbocycles. The molecule has 0 spiro atoms. The number of alkyl halides is 2. The third kappa shape index (κ3) is 7.74. The van der Waals surface area contributed by atoms with Gasteiger partial charge in [-0.05, 0) is 99.1 Å². The van der Waals surface area contributed by atoms with Gasteiger partial charge in [0.15, 0.2) is 0 Å². The summed E-state index contributed by atoms with van der Waals surface area (Å²) in [5.41, 5.74) is 6.83. The van der Waals surface area contributed by atoms with Gasteiger partial charge in [0.05, 0.1) is 11.1 Å². The standard InChI is InChI=1S/C16H22ClNO.C14H10F3NO/c17-15-12-13(4-3-11-18-9-1-2-10-18)5-8-16(15)19-14-6-7-14;15-12-7-3-10(4-8-12)9-1-5-11(6-2-9)14(16,17)13(18)19/h5,8,12,14H,1-4,6-7,9-11H2;1-8H,(H2,18,19). The van der Waals surface area contributed by atoms with Crippen molar-refractivity contribution in [1.82, 2.24) is 4.90 Å². The summed E-state index contributed by atoms with van der Waals surface area (Å²) in [4.78, 5) is 13.2. The van der Waals surface area contributed by atoms with E-state index in [0.717, 1.165) is 29.3 Å². The Hall–Kier alpha value is -3.03. The van der Waals surface area contributed by atoms with Gasteiger partial charge >= 0.3 is 5.92 Å². The molecule has 8 heteroatoms. The van der Waals surface area contributed by atoms with Crippen LogP contribution in [0.5, 0.6) is 5.75 Å². The highest BCUT2D eigenvalue weighted by molar-refractivity contribution is 6.32. The Bertz CT molecular complexity index is 1210. The molecule has 1 saturated heterocycles. The smallest absolute Gasteiger partial charge is 0.349 e. The van der Waals surface area contributed by atoms with Gasteiger partial charge in [0.25, 0.3) is 5.91 Å². The van der Waals surface area contributed by atoms with Gasteiger partial charge in [-0.25, -0.2) is 4.39 Å². The number of nitrogens with zero attached hydrogens (tertiary/aromatic N) is 1. The fraction of sp³-hybridized carbons (Fsp3) is 0.367. The highest BCUT2D eigenvalue weighted by atomic mass is 35.5. The fourth-order valence-electron chi connectivity index (χ4n) is 4.33. The van der Waals surface area contributed by atoms with Gasteiger partial charge in [-0.1, -0.05) is 54.1 Å². The average Bonchev–Trinajstić information content (AvgIpc) is 3.57. The number of aryl methyl sites for hydroxylation is 1. The molecule has 2 N–H and O–H groups in total. The predicted molar refractivity (Wildman–Crippen MR) is 144 cm³/mol. The Morgan fingerprint density at radius 3 is 2.13 bits per heavy atom. The quantitative estimate of drug-likeness (QED) is 0.316. The van der Waals surface area contributed by atoms with Gasteiger partial charge in [-0.3, -0.25) is 4.79 Å². The van der Waals surface area contributed by atoms with Crippen molar-refractivity contribution in [2.75, 3.05) is 19.6 Å². The summed E-state index contributed by atoms with van der Waals surface area (Å²) in [7, 11) is 0. The van der Waals surface area contributed by atoms with Crippen LogP contribution in [0.15, 0.2) is 66.7 Å². The minimum atomic E-state index is -3.69. The number of benzene rings is 3. The zero-order valence-corrected chi connectivity index (χ0v) is 21.9. The third-order valence-corrected chi connectivity index (χ3v) is 6.98. The van der Waals surface area contributed by atoms with Gasteiger partial charge < -0.3 is 15.4 Å². The van der Waals surface area contributed by atoms with Gasteiger partial charge in [-0.15, -0.1) is 0 Å². The first-order chi connectivity index (χ1) is 18.2. The average molecular weight is 545 g/mol. The molecular weight excluding hydrogens is 513 g/mol. The molecule has 0 atom stereocenters. The molecule has 2 fully saturated rings. The van der Waals surface area contributed by atoms with Crippen LogP contribution in [-0.2, 0) is 17.1 Å². The lowest BCUT2D eigenvalue weighted by Crippen LogP contribution is -2.32. The van der Waals surface area contributed by atoms with E-state index in [9.17, 15) is 18.0 Å². The maximum Gasteiger partial charge on any atom is 0.349 e. The lowest BCUT2D eigenvalue weighted by Gasteiger charge is -2.14. The summed E-state index contributed by atoms with van der Waals surface area (Å²) in [6.45, 7) is 3.79. The number of carbonyl (C=O) groups excluding carboxylic acids is 1. The number of primary amides is 1. The first-order valence-corrected chi connectivity index (χ1v) is 13.3. The summed E-state index contributed by atoms with van der Waals surface area (Å²) in [5.74, 6) is -4.91. The van der Waals surface area contributed by atoms with Crippen LogP contribution in [0.3, 0.4) is 0 Å². The monoisotopic (exact) mass is 544 g/mol. The molecule has 0 bridgehead atoms. The highest BCUT2D eigenvalue weighted by Gasteiger charge is 2.38. The van der Waals surface area contributed by atoms with Crippen molar-refractivity contribution in [3.05, 3.63) is 88.7 Å².